The van der Waals surface area contributed by atoms with E-state index in [2.05, 4.69) is 4.90 Å². The van der Waals surface area contributed by atoms with E-state index in [1.54, 1.807) is 0 Å². The van der Waals surface area contributed by atoms with E-state index in [0.717, 1.165) is 13.1 Å². The summed E-state index contributed by atoms with van der Waals surface area (Å²) >= 11 is 0. The lowest BCUT2D eigenvalue weighted by atomic mass is 10.1. The van der Waals surface area contributed by atoms with Gasteiger partial charge in [-0.1, -0.05) is 6.42 Å². The van der Waals surface area contributed by atoms with Gasteiger partial charge in [0.25, 0.3) is 0 Å². The van der Waals surface area contributed by atoms with Crippen molar-refractivity contribution in [3.63, 3.8) is 0 Å². The van der Waals surface area contributed by atoms with E-state index in [-0.39, 0.29) is 6.54 Å². The van der Waals surface area contributed by atoms with E-state index in [1.807, 2.05) is 11.9 Å². The van der Waals surface area contributed by atoms with Gasteiger partial charge in [-0.25, -0.2) is 0 Å². The maximum Gasteiger partial charge on any atom is 0.317 e. The van der Waals surface area contributed by atoms with Crippen LogP contribution in [0.5, 0.6) is 0 Å². The minimum Gasteiger partial charge on any atom is -0.480 e. The Labute approximate surface area is 85.5 Å². The fraction of sp³-hybridized carbons (Fsp3) is 0.900. The lowest BCUT2D eigenvalue weighted by Crippen LogP contribution is -2.38. The number of carboxylic acid groups (broad SMARTS) is 1. The maximum atomic E-state index is 10.4. The number of likely N-dealkylation sites (N-methyl/N-ethyl adjacent to an activating group) is 1. The summed E-state index contributed by atoms with van der Waals surface area (Å²) in [5.74, 6) is -0.744. The van der Waals surface area contributed by atoms with Crippen molar-refractivity contribution in [3.8, 4) is 0 Å². The Kier molecular flexibility index (Phi) is 4.90. The zero-order valence-corrected chi connectivity index (χ0v) is 8.91. The molecule has 1 aliphatic rings. The summed E-state index contributed by atoms with van der Waals surface area (Å²) in [5, 5.41) is 8.57. The molecule has 82 valence electrons. The number of nitrogens with zero attached hydrogens (tertiary/aromatic N) is 2. The molecule has 1 saturated heterocycles. The number of carbonyl (C=O) groups is 1. The molecule has 0 unspecified atom stereocenters. The standard InChI is InChI=1S/C10H20N2O2/c1-11(9-10(13)14)7-8-12-5-3-2-4-6-12/h2-9H2,1H3,(H,13,14). The first kappa shape index (κ1) is 11.5. The Morgan fingerprint density at radius 2 is 2.00 bits per heavy atom. The topological polar surface area (TPSA) is 43.8 Å². The van der Waals surface area contributed by atoms with Gasteiger partial charge in [-0.2, -0.15) is 0 Å². The highest BCUT2D eigenvalue weighted by atomic mass is 16.4. The number of aliphatic carboxylic acids is 1. The molecule has 0 aromatic heterocycles. The molecule has 0 radical (unpaired) electrons. The summed E-state index contributed by atoms with van der Waals surface area (Å²) in [7, 11) is 1.86. The lowest BCUT2D eigenvalue weighted by molar-refractivity contribution is -0.138. The molecular weight excluding hydrogens is 180 g/mol. The van der Waals surface area contributed by atoms with Gasteiger partial charge in [0.2, 0.25) is 0 Å². The molecule has 1 fully saturated rings. The van der Waals surface area contributed by atoms with E-state index in [0.29, 0.717) is 0 Å². The van der Waals surface area contributed by atoms with Crippen LogP contribution in [0.15, 0.2) is 0 Å². The molecule has 0 atom stereocenters. The second-order valence-corrected chi connectivity index (χ2v) is 4.03. The minimum absolute atomic E-state index is 0.147. The van der Waals surface area contributed by atoms with Gasteiger partial charge in [0.1, 0.15) is 0 Å². The van der Waals surface area contributed by atoms with E-state index in [9.17, 15) is 4.79 Å². The Balaban J connectivity index is 2.09. The summed E-state index contributed by atoms with van der Waals surface area (Å²) in [6.45, 7) is 4.37. The summed E-state index contributed by atoms with van der Waals surface area (Å²) < 4.78 is 0. The molecule has 0 aromatic carbocycles. The average Bonchev–Trinajstić information content (AvgIpc) is 2.15. The molecule has 0 spiro atoms. The van der Waals surface area contributed by atoms with E-state index >= 15 is 0 Å². The van der Waals surface area contributed by atoms with Crippen LogP contribution in [0.1, 0.15) is 19.3 Å². The number of piperidine rings is 1. The molecule has 0 saturated carbocycles. The molecule has 4 nitrogen and oxygen atoms in total. The van der Waals surface area contributed by atoms with Crippen LogP contribution in [0.3, 0.4) is 0 Å². The molecule has 1 heterocycles. The number of hydrogen-bond acceptors (Lipinski definition) is 3. The van der Waals surface area contributed by atoms with E-state index < -0.39 is 5.97 Å². The van der Waals surface area contributed by atoms with Crippen LogP contribution in [0.25, 0.3) is 0 Å². The zero-order chi connectivity index (χ0) is 10.4. The van der Waals surface area contributed by atoms with Gasteiger partial charge in [-0.05, 0) is 33.0 Å². The average molecular weight is 200 g/mol. The first-order valence-corrected chi connectivity index (χ1v) is 5.31. The van der Waals surface area contributed by atoms with Gasteiger partial charge in [-0.3, -0.25) is 9.69 Å². The third kappa shape index (κ3) is 4.58. The lowest BCUT2D eigenvalue weighted by Gasteiger charge is -2.28. The van der Waals surface area contributed by atoms with Crippen molar-refractivity contribution in [2.75, 3.05) is 39.8 Å². The van der Waals surface area contributed by atoms with E-state index in [4.69, 9.17) is 5.11 Å². The third-order valence-electron chi connectivity index (χ3n) is 2.65. The number of likely N-dealkylation sites (tertiary alicyclic amines) is 1. The Morgan fingerprint density at radius 1 is 1.36 bits per heavy atom. The zero-order valence-electron chi connectivity index (χ0n) is 8.91. The molecule has 14 heavy (non-hydrogen) atoms. The predicted molar refractivity (Wildman–Crippen MR) is 55.4 cm³/mol. The van der Waals surface area contributed by atoms with Crippen molar-refractivity contribution in [1.29, 1.82) is 0 Å². The van der Waals surface area contributed by atoms with Crippen molar-refractivity contribution < 1.29 is 9.90 Å². The quantitative estimate of drug-likeness (QED) is 0.701. The monoisotopic (exact) mass is 200 g/mol. The predicted octanol–water partition coefficient (Wildman–Crippen LogP) is 0.489. The molecule has 0 amide bonds. The number of rotatable bonds is 5. The summed E-state index contributed by atoms with van der Waals surface area (Å²) in [5.41, 5.74) is 0. The normalized spacial score (nSPS) is 18.7. The Hall–Kier alpha value is -0.610. The Bertz CT molecular complexity index is 179. The highest BCUT2D eigenvalue weighted by Crippen LogP contribution is 2.07. The van der Waals surface area contributed by atoms with Crippen molar-refractivity contribution in [1.82, 2.24) is 9.80 Å². The molecule has 1 N–H and O–H groups in total. The summed E-state index contributed by atoms with van der Waals surface area (Å²) in [6.07, 6.45) is 3.94. The van der Waals surface area contributed by atoms with Gasteiger partial charge < -0.3 is 10.0 Å². The molecule has 0 bridgehead atoms. The van der Waals surface area contributed by atoms with Crippen molar-refractivity contribution >= 4 is 5.97 Å². The van der Waals surface area contributed by atoms with Crippen molar-refractivity contribution in [3.05, 3.63) is 0 Å². The van der Waals surface area contributed by atoms with Crippen LogP contribution < -0.4 is 0 Å². The highest BCUT2D eigenvalue weighted by molar-refractivity contribution is 5.68. The van der Waals surface area contributed by atoms with Gasteiger partial charge >= 0.3 is 5.97 Å². The molecule has 1 aliphatic heterocycles. The molecular formula is C10H20N2O2. The highest BCUT2D eigenvalue weighted by Gasteiger charge is 2.11. The third-order valence-corrected chi connectivity index (χ3v) is 2.65. The number of carboxylic acids is 1. The fourth-order valence-electron chi connectivity index (χ4n) is 1.81. The van der Waals surface area contributed by atoms with Gasteiger partial charge in [-0.15, -0.1) is 0 Å². The van der Waals surface area contributed by atoms with Crippen molar-refractivity contribution in [2.45, 2.75) is 19.3 Å². The van der Waals surface area contributed by atoms with Gasteiger partial charge in [0, 0.05) is 13.1 Å². The van der Waals surface area contributed by atoms with Crippen LogP contribution in [-0.2, 0) is 4.79 Å². The van der Waals surface area contributed by atoms with Gasteiger partial charge in [0.15, 0.2) is 0 Å². The minimum atomic E-state index is -0.744. The van der Waals surface area contributed by atoms with Crippen LogP contribution in [0.2, 0.25) is 0 Å². The smallest absolute Gasteiger partial charge is 0.317 e. The molecule has 1 rings (SSSR count). The molecule has 0 aliphatic carbocycles. The van der Waals surface area contributed by atoms with Crippen LogP contribution in [0.4, 0.5) is 0 Å². The summed E-state index contributed by atoms with van der Waals surface area (Å²) in [6, 6.07) is 0. The van der Waals surface area contributed by atoms with Crippen molar-refractivity contribution in [2.24, 2.45) is 0 Å². The molecule has 4 heteroatoms. The second-order valence-electron chi connectivity index (χ2n) is 4.03. The second kappa shape index (κ2) is 5.98. The number of hydrogen-bond donors (Lipinski definition) is 1. The molecule has 0 aromatic rings. The van der Waals surface area contributed by atoms with Crippen LogP contribution in [0, 0.1) is 0 Å². The first-order valence-electron chi connectivity index (χ1n) is 5.31. The van der Waals surface area contributed by atoms with Gasteiger partial charge in [0.05, 0.1) is 6.54 Å². The largest absolute Gasteiger partial charge is 0.480 e. The van der Waals surface area contributed by atoms with Crippen LogP contribution in [-0.4, -0.2) is 60.6 Å². The maximum absolute atomic E-state index is 10.4. The van der Waals surface area contributed by atoms with E-state index in [1.165, 1.54) is 32.4 Å². The van der Waals surface area contributed by atoms with Crippen LogP contribution >= 0.6 is 0 Å². The SMILES string of the molecule is CN(CCN1CCCCC1)CC(=O)O. The Morgan fingerprint density at radius 3 is 2.57 bits per heavy atom. The summed E-state index contributed by atoms with van der Waals surface area (Å²) in [4.78, 5) is 14.7. The first-order chi connectivity index (χ1) is 6.68. The fourth-order valence-corrected chi connectivity index (χ4v) is 1.81.